The number of rotatable bonds is 0. The van der Waals surface area contributed by atoms with Gasteiger partial charge in [-0.2, -0.15) is 13.2 Å². The van der Waals surface area contributed by atoms with Gasteiger partial charge >= 0.3 is 6.18 Å². The molecule has 0 amide bonds. The van der Waals surface area contributed by atoms with E-state index in [4.69, 9.17) is 0 Å². The van der Waals surface area contributed by atoms with Crippen LogP contribution >= 0.6 is 0 Å². The molecule has 1 rings (SSSR count). The molecule has 0 saturated heterocycles. The van der Waals surface area contributed by atoms with Gasteiger partial charge in [0, 0.05) is 0 Å². The van der Waals surface area contributed by atoms with Crippen molar-refractivity contribution in [2.24, 2.45) is 0 Å². The molecule has 0 spiro atoms. The van der Waals surface area contributed by atoms with Crippen LogP contribution < -0.4 is 0 Å². The van der Waals surface area contributed by atoms with Crippen LogP contribution in [0.5, 0.6) is 0 Å². The van der Waals surface area contributed by atoms with Gasteiger partial charge in [-0.25, -0.2) is 5.11 Å². The van der Waals surface area contributed by atoms with Gasteiger partial charge in [-0.3, -0.25) is 0 Å². The summed E-state index contributed by atoms with van der Waals surface area (Å²) in [6.07, 6.45) is -4.18. The van der Waals surface area contributed by atoms with Crippen LogP contribution in [0.1, 0.15) is 25.7 Å². The van der Waals surface area contributed by atoms with E-state index < -0.39 is 11.8 Å². The van der Waals surface area contributed by atoms with Crippen molar-refractivity contribution in [1.82, 2.24) is 0 Å². The molecule has 0 aromatic rings. The maximum atomic E-state index is 11.8. The van der Waals surface area contributed by atoms with Crippen molar-refractivity contribution < 1.29 is 18.3 Å². The highest BCUT2D eigenvalue weighted by atomic mass is 19.4. The summed E-state index contributed by atoms with van der Waals surface area (Å²) in [6.45, 7) is 0. The van der Waals surface area contributed by atoms with Crippen LogP contribution in [0.15, 0.2) is 0 Å². The first-order valence-corrected chi connectivity index (χ1v) is 3.23. The summed E-state index contributed by atoms with van der Waals surface area (Å²) in [5.41, 5.74) is -2.62. The van der Waals surface area contributed by atoms with Crippen molar-refractivity contribution in [3.63, 3.8) is 0 Å². The number of halogens is 3. The third-order valence-corrected chi connectivity index (χ3v) is 1.93. The van der Waals surface area contributed by atoms with Crippen LogP contribution in [0.25, 0.3) is 0 Å². The highest BCUT2D eigenvalue weighted by molar-refractivity contribution is 4.90. The van der Waals surface area contributed by atoms with Crippen molar-refractivity contribution in [1.29, 1.82) is 0 Å². The summed E-state index contributed by atoms with van der Waals surface area (Å²) in [6, 6.07) is 0. The topological polar surface area (TPSA) is 19.9 Å². The van der Waals surface area contributed by atoms with Gasteiger partial charge in [0.05, 0.1) is 0 Å². The number of hydrogen-bond donors (Lipinski definition) is 0. The average Bonchev–Trinajstić information content (AvgIpc) is 2.13. The largest absolute Gasteiger partial charge is 0.420 e. The lowest BCUT2D eigenvalue weighted by Crippen LogP contribution is -2.40. The Hall–Kier alpha value is -0.250. The lowest BCUT2D eigenvalue weighted by atomic mass is 10.0. The van der Waals surface area contributed by atoms with Crippen LogP contribution in [0.4, 0.5) is 13.2 Å². The normalized spacial score (nSPS) is 25.2. The zero-order chi connectivity index (χ0) is 7.83. The minimum atomic E-state index is -4.54. The fraction of sp³-hybridized carbons (Fsp3) is 1.00. The highest BCUT2D eigenvalue weighted by Crippen LogP contribution is 2.43. The van der Waals surface area contributed by atoms with Crippen LogP contribution in [0, 0.1) is 0 Å². The van der Waals surface area contributed by atoms with E-state index in [9.17, 15) is 18.3 Å². The second-order valence-corrected chi connectivity index (χ2v) is 2.70. The Labute approximate surface area is 56.8 Å². The van der Waals surface area contributed by atoms with Gasteiger partial charge in [0.15, 0.2) is 5.60 Å². The quantitative estimate of drug-likeness (QED) is 0.508. The first kappa shape index (κ1) is 7.85. The Morgan fingerprint density at radius 2 is 1.50 bits per heavy atom. The molecule has 0 aromatic heterocycles. The van der Waals surface area contributed by atoms with Gasteiger partial charge in [0.2, 0.25) is 0 Å². The molecule has 1 aliphatic rings. The lowest BCUT2D eigenvalue weighted by Gasteiger charge is -2.21. The van der Waals surface area contributed by atoms with E-state index in [1.807, 2.05) is 0 Å². The Kier molecular flexibility index (Phi) is 1.66. The van der Waals surface area contributed by atoms with Crippen molar-refractivity contribution >= 4 is 0 Å². The molecule has 0 aliphatic heterocycles. The van der Waals surface area contributed by atoms with Crippen molar-refractivity contribution in [2.45, 2.75) is 37.5 Å². The summed E-state index contributed by atoms with van der Waals surface area (Å²) in [7, 11) is 0. The van der Waals surface area contributed by atoms with E-state index >= 15 is 0 Å². The van der Waals surface area contributed by atoms with E-state index in [-0.39, 0.29) is 12.8 Å². The molecule has 0 heterocycles. The molecule has 0 bridgehead atoms. The van der Waals surface area contributed by atoms with Crippen LogP contribution in [-0.4, -0.2) is 11.8 Å². The molecular formula is C6H8F3O. The molecule has 1 nitrogen and oxygen atoms in total. The first-order valence-electron chi connectivity index (χ1n) is 3.23. The zero-order valence-corrected chi connectivity index (χ0v) is 5.37. The Bertz CT molecular complexity index is 123. The van der Waals surface area contributed by atoms with E-state index in [1.165, 1.54) is 0 Å². The average molecular weight is 153 g/mol. The minimum absolute atomic E-state index is 0.240. The Balaban J connectivity index is 2.67. The zero-order valence-electron chi connectivity index (χ0n) is 5.37. The van der Waals surface area contributed by atoms with Crippen molar-refractivity contribution in [3.05, 3.63) is 0 Å². The molecule has 1 radical (unpaired) electrons. The summed E-state index contributed by atoms with van der Waals surface area (Å²) < 4.78 is 35.5. The Morgan fingerprint density at radius 3 is 1.70 bits per heavy atom. The second-order valence-electron chi connectivity index (χ2n) is 2.70. The van der Waals surface area contributed by atoms with E-state index in [0.717, 1.165) is 0 Å². The van der Waals surface area contributed by atoms with E-state index in [1.54, 1.807) is 0 Å². The predicted molar refractivity (Wildman–Crippen MR) is 27.9 cm³/mol. The predicted octanol–water partition coefficient (Wildman–Crippen LogP) is 2.29. The number of hydrogen-bond acceptors (Lipinski definition) is 0. The summed E-state index contributed by atoms with van der Waals surface area (Å²) in [5.74, 6) is 0. The fourth-order valence-corrected chi connectivity index (χ4v) is 1.23. The standard InChI is InChI=1S/C6H8F3O/c7-6(8,9)5(10)3-1-2-4-5/h1-4H2. The number of alkyl halides is 3. The van der Waals surface area contributed by atoms with Gasteiger partial charge in [-0.1, -0.05) is 0 Å². The van der Waals surface area contributed by atoms with Gasteiger partial charge in [-0.15, -0.1) is 0 Å². The summed E-state index contributed by atoms with van der Waals surface area (Å²) in [4.78, 5) is 0. The smallest absolute Gasteiger partial charge is 0.219 e. The highest BCUT2D eigenvalue weighted by Gasteiger charge is 2.56. The lowest BCUT2D eigenvalue weighted by molar-refractivity contribution is -0.278. The molecule has 0 atom stereocenters. The van der Waals surface area contributed by atoms with E-state index in [2.05, 4.69) is 0 Å². The third-order valence-electron chi connectivity index (χ3n) is 1.93. The van der Waals surface area contributed by atoms with Crippen molar-refractivity contribution in [3.8, 4) is 0 Å². The molecule has 59 valence electrons. The maximum Gasteiger partial charge on any atom is 0.420 e. The molecule has 0 aromatic carbocycles. The monoisotopic (exact) mass is 153 g/mol. The molecule has 1 fully saturated rings. The summed E-state index contributed by atoms with van der Waals surface area (Å²) in [5, 5.41) is 10.8. The molecule has 0 N–H and O–H groups in total. The fourth-order valence-electron chi connectivity index (χ4n) is 1.23. The van der Waals surface area contributed by atoms with Crippen LogP contribution in [0.3, 0.4) is 0 Å². The molecule has 0 unspecified atom stereocenters. The third kappa shape index (κ3) is 1.12. The van der Waals surface area contributed by atoms with E-state index in [0.29, 0.717) is 12.8 Å². The van der Waals surface area contributed by atoms with Crippen LogP contribution in [0.2, 0.25) is 0 Å². The molecule has 10 heavy (non-hydrogen) atoms. The van der Waals surface area contributed by atoms with Crippen molar-refractivity contribution in [2.75, 3.05) is 0 Å². The molecule has 1 aliphatic carbocycles. The van der Waals surface area contributed by atoms with Gasteiger partial charge < -0.3 is 0 Å². The minimum Gasteiger partial charge on any atom is -0.219 e. The molecular weight excluding hydrogens is 145 g/mol. The SMILES string of the molecule is [O]C1(C(F)(F)F)CCCC1. The summed E-state index contributed by atoms with van der Waals surface area (Å²) >= 11 is 0. The first-order chi connectivity index (χ1) is 4.46. The van der Waals surface area contributed by atoms with Gasteiger partial charge in [0.25, 0.3) is 0 Å². The molecule has 4 heteroatoms. The Morgan fingerprint density at radius 1 is 1.10 bits per heavy atom. The van der Waals surface area contributed by atoms with Gasteiger partial charge in [-0.05, 0) is 25.7 Å². The van der Waals surface area contributed by atoms with Gasteiger partial charge in [0.1, 0.15) is 0 Å². The second kappa shape index (κ2) is 2.12. The molecule has 1 saturated carbocycles. The van der Waals surface area contributed by atoms with Crippen LogP contribution in [-0.2, 0) is 5.11 Å². The maximum absolute atomic E-state index is 11.8.